The fourth-order valence-electron chi connectivity index (χ4n) is 2.35. The number of aryl methyl sites for hydroxylation is 1. The lowest BCUT2D eigenvalue weighted by molar-refractivity contribution is -0.131. The maximum Gasteiger partial charge on any atom is 0.240 e. The fraction of sp³-hybridized carbons (Fsp3) is 0.533. The number of likely N-dealkylation sites (N-methyl/N-ethyl adjacent to an activating group) is 1. The molecule has 1 atom stereocenters. The minimum Gasteiger partial charge on any atom is -0.493 e. The Kier molecular flexibility index (Phi) is 5.36. The van der Waals surface area contributed by atoms with Crippen molar-refractivity contribution in [1.82, 2.24) is 10.2 Å². The van der Waals surface area contributed by atoms with Crippen molar-refractivity contribution in [1.29, 1.82) is 0 Å². The molecule has 1 N–H and O–H groups in total. The molecule has 1 saturated heterocycles. The van der Waals surface area contributed by atoms with E-state index >= 15 is 0 Å². The molecule has 1 aromatic carbocycles. The second-order valence-corrected chi connectivity index (χ2v) is 6.13. The number of benzene rings is 1. The van der Waals surface area contributed by atoms with E-state index in [0.717, 1.165) is 22.8 Å². The van der Waals surface area contributed by atoms with Crippen LogP contribution >= 0.6 is 11.8 Å². The third-order valence-corrected chi connectivity index (χ3v) is 4.58. The van der Waals surface area contributed by atoms with Crippen molar-refractivity contribution in [2.45, 2.75) is 19.5 Å². The third-order valence-electron chi connectivity index (χ3n) is 3.64. The van der Waals surface area contributed by atoms with E-state index < -0.39 is 0 Å². The SMILES string of the molecule is COc1cc(C)c(CN(C)C(=O)[C@H]2CSCN2)cc1OC. The Morgan fingerprint density at radius 2 is 2.05 bits per heavy atom. The number of rotatable bonds is 5. The van der Waals surface area contributed by atoms with E-state index in [2.05, 4.69) is 5.32 Å². The van der Waals surface area contributed by atoms with E-state index in [1.54, 1.807) is 30.9 Å². The lowest BCUT2D eigenvalue weighted by Crippen LogP contribution is -2.42. The highest BCUT2D eigenvalue weighted by molar-refractivity contribution is 7.99. The zero-order valence-electron chi connectivity index (χ0n) is 12.9. The predicted octanol–water partition coefficient (Wildman–Crippen LogP) is 1.63. The topological polar surface area (TPSA) is 50.8 Å². The number of nitrogens with one attached hydrogen (secondary N) is 1. The average molecular weight is 310 g/mol. The molecule has 0 spiro atoms. The molecule has 0 bridgehead atoms. The van der Waals surface area contributed by atoms with Gasteiger partial charge in [0.1, 0.15) is 0 Å². The number of methoxy groups -OCH3 is 2. The molecule has 1 aliphatic rings. The summed E-state index contributed by atoms with van der Waals surface area (Å²) in [6.45, 7) is 2.58. The van der Waals surface area contributed by atoms with Gasteiger partial charge in [-0.25, -0.2) is 0 Å². The molecule has 6 heteroatoms. The van der Waals surface area contributed by atoms with Gasteiger partial charge in [0.05, 0.1) is 20.3 Å². The van der Waals surface area contributed by atoms with Gasteiger partial charge in [-0.05, 0) is 30.2 Å². The molecule has 0 saturated carbocycles. The molecule has 1 fully saturated rings. The zero-order valence-corrected chi connectivity index (χ0v) is 13.8. The summed E-state index contributed by atoms with van der Waals surface area (Å²) >= 11 is 1.75. The van der Waals surface area contributed by atoms with Crippen LogP contribution in [-0.2, 0) is 11.3 Å². The average Bonchev–Trinajstić information content (AvgIpc) is 3.02. The minimum absolute atomic E-state index is 0.0690. The van der Waals surface area contributed by atoms with Crippen LogP contribution in [0.3, 0.4) is 0 Å². The molecular formula is C15H22N2O3S. The van der Waals surface area contributed by atoms with Crippen molar-refractivity contribution in [3.8, 4) is 11.5 Å². The van der Waals surface area contributed by atoms with Crippen LogP contribution < -0.4 is 14.8 Å². The molecule has 21 heavy (non-hydrogen) atoms. The molecular weight excluding hydrogens is 288 g/mol. The van der Waals surface area contributed by atoms with Crippen molar-refractivity contribution in [3.63, 3.8) is 0 Å². The Hall–Kier alpha value is -1.40. The summed E-state index contributed by atoms with van der Waals surface area (Å²) in [6.07, 6.45) is 0. The highest BCUT2D eigenvalue weighted by Gasteiger charge is 2.25. The molecule has 0 aromatic heterocycles. The molecule has 1 amide bonds. The Bertz CT molecular complexity index is 516. The molecule has 2 rings (SSSR count). The highest BCUT2D eigenvalue weighted by Crippen LogP contribution is 2.30. The van der Waals surface area contributed by atoms with Crippen molar-refractivity contribution in [2.24, 2.45) is 0 Å². The summed E-state index contributed by atoms with van der Waals surface area (Å²) in [5.74, 6) is 3.22. The molecule has 5 nitrogen and oxygen atoms in total. The van der Waals surface area contributed by atoms with Crippen molar-refractivity contribution >= 4 is 17.7 Å². The maximum absolute atomic E-state index is 12.3. The maximum atomic E-state index is 12.3. The van der Waals surface area contributed by atoms with Gasteiger partial charge in [0.25, 0.3) is 0 Å². The number of carbonyl (C=O) groups is 1. The highest BCUT2D eigenvalue weighted by atomic mass is 32.2. The van der Waals surface area contributed by atoms with Crippen molar-refractivity contribution < 1.29 is 14.3 Å². The van der Waals surface area contributed by atoms with Crippen LogP contribution in [0.2, 0.25) is 0 Å². The van der Waals surface area contributed by atoms with Gasteiger partial charge in [-0.1, -0.05) is 0 Å². The van der Waals surface area contributed by atoms with Gasteiger partial charge < -0.3 is 14.4 Å². The lowest BCUT2D eigenvalue weighted by atomic mass is 10.1. The van der Waals surface area contributed by atoms with E-state index in [4.69, 9.17) is 9.47 Å². The number of ether oxygens (including phenoxy) is 2. The standard InChI is InChI=1S/C15H22N2O3S/c1-10-5-13(19-3)14(20-4)6-11(10)7-17(2)15(18)12-8-21-9-16-12/h5-6,12,16H,7-9H2,1-4H3/t12-/m1/s1. The molecule has 1 aliphatic heterocycles. The van der Waals surface area contributed by atoms with E-state index in [9.17, 15) is 4.79 Å². The zero-order chi connectivity index (χ0) is 15.4. The minimum atomic E-state index is -0.0690. The third kappa shape index (κ3) is 3.63. The van der Waals surface area contributed by atoms with E-state index in [1.807, 2.05) is 26.1 Å². The number of hydrogen-bond donors (Lipinski definition) is 1. The first-order valence-corrected chi connectivity index (χ1v) is 8.00. The number of hydrogen-bond acceptors (Lipinski definition) is 5. The summed E-state index contributed by atoms with van der Waals surface area (Å²) in [7, 11) is 5.07. The molecule has 0 aliphatic carbocycles. The second kappa shape index (κ2) is 7.04. The van der Waals surface area contributed by atoms with Gasteiger partial charge in [0, 0.05) is 25.2 Å². The first kappa shape index (κ1) is 16.0. The Morgan fingerprint density at radius 1 is 1.38 bits per heavy atom. The van der Waals surface area contributed by atoms with E-state index in [1.165, 1.54) is 0 Å². The summed E-state index contributed by atoms with van der Waals surface area (Å²) in [5, 5.41) is 3.21. The van der Waals surface area contributed by atoms with Crippen LogP contribution in [0.5, 0.6) is 11.5 Å². The normalized spacial score (nSPS) is 17.6. The fourth-order valence-corrected chi connectivity index (χ4v) is 3.28. The summed E-state index contributed by atoms with van der Waals surface area (Å²) in [4.78, 5) is 14.1. The van der Waals surface area contributed by atoms with Gasteiger partial charge in [-0.15, -0.1) is 11.8 Å². The quantitative estimate of drug-likeness (QED) is 0.896. The van der Waals surface area contributed by atoms with E-state index in [0.29, 0.717) is 18.0 Å². The Balaban J connectivity index is 2.12. The first-order valence-electron chi connectivity index (χ1n) is 6.84. The predicted molar refractivity (Wildman–Crippen MR) is 85.0 cm³/mol. The number of carbonyl (C=O) groups excluding carboxylic acids is 1. The second-order valence-electron chi connectivity index (χ2n) is 5.10. The van der Waals surface area contributed by atoms with Gasteiger partial charge in [-0.2, -0.15) is 0 Å². The van der Waals surface area contributed by atoms with Gasteiger partial charge in [0.15, 0.2) is 11.5 Å². The molecule has 1 aromatic rings. The first-order chi connectivity index (χ1) is 10.1. The van der Waals surface area contributed by atoms with Gasteiger partial charge >= 0.3 is 0 Å². The van der Waals surface area contributed by atoms with Gasteiger partial charge in [0.2, 0.25) is 5.91 Å². The molecule has 1 heterocycles. The van der Waals surface area contributed by atoms with Crippen LogP contribution in [-0.4, -0.2) is 49.7 Å². The van der Waals surface area contributed by atoms with Crippen LogP contribution in [0.15, 0.2) is 12.1 Å². The Labute approximate surface area is 130 Å². The van der Waals surface area contributed by atoms with Crippen LogP contribution in [0.1, 0.15) is 11.1 Å². The lowest BCUT2D eigenvalue weighted by Gasteiger charge is -2.22. The largest absolute Gasteiger partial charge is 0.493 e. The number of thioether (sulfide) groups is 1. The Morgan fingerprint density at radius 3 is 2.62 bits per heavy atom. The van der Waals surface area contributed by atoms with Crippen LogP contribution in [0.25, 0.3) is 0 Å². The van der Waals surface area contributed by atoms with Crippen molar-refractivity contribution in [3.05, 3.63) is 23.3 Å². The monoisotopic (exact) mass is 310 g/mol. The molecule has 116 valence electrons. The van der Waals surface area contributed by atoms with Crippen LogP contribution in [0, 0.1) is 6.92 Å². The smallest absolute Gasteiger partial charge is 0.240 e. The number of nitrogens with zero attached hydrogens (tertiary/aromatic N) is 1. The summed E-state index contributed by atoms with van der Waals surface area (Å²) in [5.41, 5.74) is 2.15. The van der Waals surface area contributed by atoms with Crippen LogP contribution in [0.4, 0.5) is 0 Å². The summed E-state index contributed by atoms with van der Waals surface area (Å²) < 4.78 is 10.6. The summed E-state index contributed by atoms with van der Waals surface area (Å²) in [6, 6.07) is 3.81. The molecule has 0 unspecified atom stereocenters. The van der Waals surface area contributed by atoms with Crippen molar-refractivity contribution in [2.75, 3.05) is 32.9 Å². The van der Waals surface area contributed by atoms with E-state index in [-0.39, 0.29) is 11.9 Å². The molecule has 0 radical (unpaired) electrons. The number of amides is 1. The van der Waals surface area contributed by atoms with Gasteiger partial charge in [-0.3, -0.25) is 10.1 Å².